The molecule has 0 fully saturated rings. The summed E-state index contributed by atoms with van der Waals surface area (Å²) in [5.41, 5.74) is -1.72. The number of amides is 1. The van der Waals surface area contributed by atoms with E-state index >= 15 is 0 Å². The smallest absolute Gasteiger partial charge is 0.288 e. The second kappa shape index (κ2) is 6.95. The fourth-order valence-corrected chi connectivity index (χ4v) is 2.36. The zero-order valence-corrected chi connectivity index (χ0v) is 12.8. The van der Waals surface area contributed by atoms with Crippen LogP contribution in [0, 0.1) is 10.1 Å². The summed E-state index contributed by atoms with van der Waals surface area (Å²) in [7, 11) is 0. The van der Waals surface area contributed by atoms with Crippen LogP contribution in [-0.2, 0) is 0 Å². The minimum atomic E-state index is -5.33. The number of alkyl halides is 6. The van der Waals surface area contributed by atoms with Gasteiger partial charge in [-0.2, -0.15) is 4.39 Å². The van der Waals surface area contributed by atoms with E-state index in [4.69, 9.17) is 28.4 Å². The monoisotopic (exact) mass is 397 g/mol. The molecule has 0 bridgehead atoms. The summed E-state index contributed by atoms with van der Waals surface area (Å²) >= 11 is 8.95. The number of hydroxylamine groups is 1. The Morgan fingerprint density at radius 1 is 1.35 bits per heavy atom. The van der Waals surface area contributed by atoms with E-state index in [0.29, 0.717) is 12.1 Å². The van der Waals surface area contributed by atoms with Gasteiger partial charge in [-0.15, -0.1) is 13.2 Å². The number of carbonyl (C=O) groups excluding carboxylic acids is 1. The van der Waals surface area contributed by atoms with E-state index in [2.05, 4.69) is 0 Å². The van der Waals surface area contributed by atoms with Crippen molar-refractivity contribution in [1.82, 2.24) is 5.48 Å². The summed E-state index contributed by atoms with van der Waals surface area (Å²) in [4.78, 5) is 20.9. The van der Waals surface area contributed by atoms with Gasteiger partial charge in [0.15, 0.2) is 0 Å². The predicted molar refractivity (Wildman–Crippen MR) is 74.0 cm³/mol. The molecular formula is C9H5Cl2F4N3O4S. The number of benzene rings is 1. The normalized spacial score (nSPS) is 12.0. The number of halogens is 6. The molecule has 0 radical (unpaired) electrons. The zero-order chi connectivity index (χ0) is 18.0. The summed E-state index contributed by atoms with van der Waals surface area (Å²) in [6, 6.07) is 1.78. The Hall–Kier alpha value is -1.50. The van der Waals surface area contributed by atoms with E-state index in [1.807, 2.05) is 0 Å². The maximum absolute atomic E-state index is 13.2. The first-order valence-corrected chi connectivity index (χ1v) is 6.75. The summed E-state index contributed by atoms with van der Waals surface area (Å²) in [6.45, 7) is 0. The number of hydrogen-bond acceptors (Lipinski definition) is 6. The number of carbonyl (C=O) groups is 1. The first-order chi connectivity index (χ1) is 10.4. The largest absolute Gasteiger partial charge is 0.495 e. The minimum Gasteiger partial charge on any atom is -0.288 e. The number of hydrogen-bond donors (Lipinski definition) is 2. The van der Waals surface area contributed by atoms with E-state index in [0.717, 1.165) is 11.5 Å². The van der Waals surface area contributed by atoms with Crippen molar-refractivity contribution in [3.05, 3.63) is 33.9 Å². The van der Waals surface area contributed by atoms with Crippen molar-refractivity contribution in [1.29, 1.82) is 0 Å². The summed E-state index contributed by atoms with van der Waals surface area (Å²) in [5, 5.41) is 19.3. The van der Waals surface area contributed by atoms with Crippen molar-refractivity contribution < 1.29 is 32.5 Å². The Morgan fingerprint density at radius 2 is 1.91 bits per heavy atom. The molecule has 2 N–H and O–H groups in total. The number of nitrogens with one attached hydrogen (secondary N) is 1. The molecule has 0 aliphatic carbocycles. The standard InChI is InChI=1S/C9H5Cl2F4N3O4S/c10-8(11,12)23-17(9(13,14)15)6-3-4(7(19)16-20)1-2-5(6)18(21)22/h1-3,20H,(H,16,19). The van der Waals surface area contributed by atoms with Crippen molar-refractivity contribution in [2.24, 2.45) is 0 Å². The van der Waals surface area contributed by atoms with Crippen LogP contribution >= 0.6 is 35.1 Å². The number of anilines is 1. The number of nitro benzene ring substituents is 1. The van der Waals surface area contributed by atoms with Crippen LogP contribution in [0.3, 0.4) is 0 Å². The van der Waals surface area contributed by atoms with Crippen molar-refractivity contribution in [3.63, 3.8) is 0 Å². The van der Waals surface area contributed by atoms with Crippen molar-refractivity contribution in [2.45, 2.75) is 10.2 Å². The highest BCUT2D eigenvalue weighted by Gasteiger charge is 2.46. The Balaban J connectivity index is 3.54. The molecule has 1 amide bonds. The molecule has 23 heavy (non-hydrogen) atoms. The van der Waals surface area contributed by atoms with Crippen molar-refractivity contribution in [2.75, 3.05) is 4.31 Å². The average Bonchev–Trinajstić information content (AvgIpc) is 2.41. The lowest BCUT2D eigenvalue weighted by molar-refractivity contribution is -0.384. The van der Waals surface area contributed by atoms with Gasteiger partial charge in [0.1, 0.15) is 5.69 Å². The van der Waals surface area contributed by atoms with Gasteiger partial charge in [0, 0.05) is 23.6 Å². The number of rotatable bonds is 5. The Kier molecular flexibility index (Phi) is 5.90. The molecule has 0 aromatic heterocycles. The highest BCUT2D eigenvalue weighted by atomic mass is 35.5. The molecule has 14 heteroatoms. The minimum absolute atomic E-state index is 0.420. The molecule has 0 atom stereocenters. The molecule has 0 spiro atoms. The first-order valence-electron chi connectivity index (χ1n) is 5.22. The van der Waals surface area contributed by atoms with Crippen LogP contribution in [0.4, 0.5) is 28.9 Å². The summed E-state index contributed by atoms with van der Waals surface area (Å²) in [6.07, 6.45) is -5.33. The molecule has 7 nitrogen and oxygen atoms in total. The van der Waals surface area contributed by atoms with Crippen LogP contribution in [0.1, 0.15) is 10.4 Å². The van der Waals surface area contributed by atoms with Gasteiger partial charge >= 0.3 is 10.2 Å². The van der Waals surface area contributed by atoms with Gasteiger partial charge < -0.3 is 0 Å². The third kappa shape index (κ3) is 5.27. The molecule has 0 aliphatic heterocycles. The second-order valence-corrected chi connectivity index (χ2v) is 6.49. The Morgan fingerprint density at radius 3 is 2.30 bits per heavy atom. The van der Waals surface area contributed by atoms with Gasteiger partial charge in [0.25, 0.3) is 11.6 Å². The Bertz CT molecular complexity index is 626. The first kappa shape index (κ1) is 19.5. The van der Waals surface area contributed by atoms with E-state index in [9.17, 15) is 32.5 Å². The lowest BCUT2D eigenvalue weighted by Crippen LogP contribution is -2.35. The van der Waals surface area contributed by atoms with Crippen molar-refractivity contribution in [3.8, 4) is 0 Å². The van der Waals surface area contributed by atoms with E-state index in [1.165, 1.54) is 0 Å². The maximum atomic E-state index is 13.2. The lowest BCUT2D eigenvalue weighted by Gasteiger charge is -2.27. The van der Waals surface area contributed by atoms with Gasteiger partial charge in [-0.1, -0.05) is 23.2 Å². The topological polar surface area (TPSA) is 95.7 Å². The molecule has 1 aromatic carbocycles. The molecule has 128 valence electrons. The third-order valence-corrected chi connectivity index (χ3v) is 3.39. The van der Waals surface area contributed by atoms with Crippen LogP contribution in [-0.4, -0.2) is 26.3 Å². The molecule has 0 aliphatic rings. The van der Waals surface area contributed by atoms with E-state index < -0.39 is 54.2 Å². The van der Waals surface area contributed by atoms with Gasteiger partial charge in [0.05, 0.1) is 4.92 Å². The Labute approximate surface area is 139 Å². The highest BCUT2D eigenvalue weighted by Crippen LogP contribution is 2.48. The van der Waals surface area contributed by atoms with Gasteiger partial charge in [-0.05, 0) is 12.1 Å². The number of nitro groups is 1. The molecular weight excluding hydrogens is 393 g/mol. The molecule has 1 rings (SSSR count). The van der Waals surface area contributed by atoms with E-state index in [1.54, 1.807) is 0 Å². The van der Waals surface area contributed by atoms with Crippen LogP contribution in [0.2, 0.25) is 0 Å². The molecule has 0 heterocycles. The number of nitrogens with zero attached hydrogens (tertiary/aromatic N) is 2. The fourth-order valence-electron chi connectivity index (χ4n) is 1.39. The molecule has 0 saturated heterocycles. The van der Waals surface area contributed by atoms with Crippen LogP contribution in [0.15, 0.2) is 18.2 Å². The molecule has 1 aromatic rings. The quantitative estimate of drug-likeness (QED) is 0.149. The van der Waals surface area contributed by atoms with Crippen molar-refractivity contribution >= 4 is 52.4 Å². The zero-order valence-electron chi connectivity index (χ0n) is 10.5. The average molecular weight is 398 g/mol. The SMILES string of the molecule is O=C(NO)c1ccc([N+](=O)[O-])c(N(SC(F)(Cl)Cl)C(F)(F)F)c1. The fraction of sp³-hybridized carbons (Fsp3) is 0.222. The van der Waals surface area contributed by atoms with Crippen LogP contribution < -0.4 is 9.79 Å². The summed E-state index contributed by atoms with van der Waals surface area (Å²) in [5.74, 6) is -1.24. The summed E-state index contributed by atoms with van der Waals surface area (Å²) < 4.78 is 48.0. The molecule has 0 unspecified atom stereocenters. The van der Waals surface area contributed by atoms with Gasteiger partial charge in [0.2, 0.25) is 0 Å². The highest BCUT2D eigenvalue weighted by molar-refractivity contribution is 8.04. The van der Waals surface area contributed by atoms with Gasteiger partial charge in [-0.25, -0.2) is 9.79 Å². The lowest BCUT2D eigenvalue weighted by atomic mass is 10.1. The maximum Gasteiger partial charge on any atom is 0.495 e. The third-order valence-electron chi connectivity index (χ3n) is 2.18. The van der Waals surface area contributed by atoms with Crippen LogP contribution in [0.25, 0.3) is 0 Å². The van der Waals surface area contributed by atoms with Gasteiger partial charge in [-0.3, -0.25) is 20.1 Å². The predicted octanol–water partition coefficient (Wildman–Crippen LogP) is 3.75. The molecule has 0 saturated carbocycles. The second-order valence-electron chi connectivity index (χ2n) is 3.70. The van der Waals surface area contributed by atoms with Crippen LogP contribution in [0.5, 0.6) is 0 Å². The van der Waals surface area contributed by atoms with E-state index in [-0.39, 0.29) is 0 Å².